The maximum absolute atomic E-state index is 13.3. The molecule has 0 spiro atoms. The van der Waals surface area contributed by atoms with Crippen LogP contribution in [0.15, 0.2) is 30.3 Å². The van der Waals surface area contributed by atoms with Gasteiger partial charge in [-0.15, -0.1) is 0 Å². The van der Waals surface area contributed by atoms with E-state index in [-0.39, 0.29) is 29.2 Å². The first-order valence-corrected chi connectivity index (χ1v) is 13.3. The van der Waals surface area contributed by atoms with E-state index in [2.05, 4.69) is 0 Å². The van der Waals surface area contributed by atoms with Crippen molar-refractivity contribution in [1.82, 2.24) is 0 Å². The number of Topliss-reactive ketones (excluding diaryl/α,β-unsaturated/α-hetero) is 1. The summed E-state index contributed by atoms with van der Waals surface area (Å²) in [6.45, 7) is -1.40. The second-order valence-corrected chi connectivity index (χ2v) is 10.4. The molecule has 2 aromatic carbocycles. The number of ketones is 1. The molecule has 16 heteroatoms. The van der Waals surface area contributed by atoms with Crippen molar-refractivity contribution in [3.05, 3.63) is 41.5 Å². The summed E-state index contributed by atoms with van der Waals surface area (Å²) in [6.07, 6.45) is -17.3. The fraction of sp³-hybridized carbons (Fsp3) is 0.519. The third-order valence-corrected chi connectivity index (χ3v) is 7.51. The molecule has 3 aliphatic heterocycles. The highest BCUT2D eigenvalue weighted by molar-refractivity contribution is 6.02. The molecule has 43 heavy (non-hydrogen) atoms. The van der Waals surface area contributed by atoms with Crippen molar-refractivity contribution < 1.29 is 79.5 Å². The molecule has 0 radical (unpaired) electrons. The van der Waals surface area contributed by atoms with E-state index in [0.717, 1.165) is 12.1 Å². The monoisotopic (exact) mass is 612 g/mol. The smallest absolute Gasteiger partial charge is 0.229 e. The van der Waals surface area contributed by atoms with Crippen molar-refractivity contribution in [2.24, 2.45) is 0 Å². The van der Waals surface area contributed by atoms with E-state index in [1.165, 1.54) is 18.2 Å². The number of phenols is 2. The highest BCUT2D eigenvalue weighted by Crippen LogP contribution is 2.44. The molecule has 5 rings (SSSR count). The Morgan fingerprint density at radius 3 is 1.84 bits per heavy atom. The number of benzene rings is 2. The zero-order valence-electron chi connectivity index (χ0n) is 22.3. The van der Waals surface area contributed by atoms with Crippen molar-refractivity contribution in [3.63, 3.8) is 0 Å². The van der Waals surface area contributed by atoms with Crippen LogP contribution < -0.4 is 14.2 Å². The number of ether oxygens (including phenoxy) is 5. The average molecular weight is 613 g/mol. The van der Waals surface area contributed by atoms with Crippen molar-refractivity contribution in [2.75, 3.05) is 13.2 Å². The zero-order chi connectivity index (χ0) is 31.2. The lowest BCUT2D eigenvalue weighted by Crippen LogP contribution is -2.60. The number of phenolic OH excluding ortho intramolecular Hbond substituents is 2. The van der Waals surface area contributed by atoms with Crippen molar-refractivity contribution in [1.29, 1.82) is 0 Å². The molecular weight excluding hydrogens is 580 g/mol. The summed E-state index contributed by atoms with van der Waals surface area (Å²) in [6, 6.07) is 6.13. The standard InChI is InChI=1S/C27H32O16/c28-7-17-20(33)22(35)24(37)26(42-17)40-14-3-9(1-2-11(14)31)13-6-12(32)19-15(39-13)4-10(30)5-16(19)41-27-25(38)23(36)21(34)18(8-29)43-27/h1-5,13,17-18,20-31,33-38H,6-8H2/t13?,17-,18-,20-,21-,22+,23+,24-,25-,26-,27-/m1/s1. The van der Waals surface area contributed by atoms with Crippen LogP contribution in [0.5, 0.6) is 28.7 Å². The van der Waals surface area contributed by atoms with Crippen LogP contribution >= 0.6 is 0 Å². The Kier molecular flexibility index (Phi) is 8.96. The first-order chi connectivity index (χ1) is 20.4. The Labute approximate surface area is 243 Å². The molecule has 2 saturated heterocycles. The molecule has 0 saturated carbocycles. The highest BCUT2D eigenvalue weighted by Gasteiger charge is 2.46. The predicted molar refractivity (Wildman–Crippen MR) is 137 cm³/mol. The molecule has 16 nitrogen and oxygen atoms in total. The lowest BCUT2D eigenvalue weighted by molar-refractivity contribution is -0.277. The highest BCUT2D eigenvalue weighted by atomic mass is 16.7. The average Bonchev–Trinajstić information content (AvgIpc) is 2.98. The van der Waals surface area contributed by atoms with Crippen LogP contribution in [0.25, 0.3) is 0 Å². The molecule has 0 amide bonds. The van der Waals surface area contributed by atoms with E-state index < -0.39 is 98.0 Å². The van der Waals surface area contributed by atoms with E-state index in [9.17, 15) is 55.9 Å². The number of aromatic hydroxyl groups is 2. The van der Waals surface area contributed by atoms with Crippen LogP contribution in [-0.4, -0.2) is 131 Å². The maximum atomic E-state index is 13.3. The lowest BCUT2D eigenvalue weighted by atomic mass is 9.95. The van der Waals surface area contributed by atoms with Gasteiger partial charge in [-0.1, -0.05) is 6.07 Å². The Balaban J connectivity index is 1.37. The van der Waals surface area contributed by atoms with Crippen molar-refractivity contribution in [2.45, 2.75) is 73.9 Å². The molecule has 2 fully saturated rings. The van der Waals surface area contributed by atoms with Crippen LogP contribution in [0, 0.1) is 0 Å². The number of fused-ring (bicyclic) bond motifs is 1. The van der Waals surface area contributed by atoms with Crippen LogP contribution in [0.3, 0.4) is 0 Å². The molecule has 2 aromatic rings. The van der Waals surface area contributed by atoms with Gasteiger partial charge in [-0.3, -0.25) is 4.79 Å². The van der Waals surface area contributed by atoms with Gasteiger partial charge in [0.25, 0.3) is 0 Å². The molecule has 1 unspecified atom stereocenters. The van der Waals surface area contributed by atoms with Crippen molar-refractivity contribution in [3.8, 4) is 28.7 Å². The first kappa shape index (κ1) is 31.1. The number of carbonyl (C=O) groups is 1. The van der Waals surface area contributed by atoms with E-state index >= 15 is 0 Å². The summed E-state index contributed by atoms with van der Waals surface area (Å²) in [7, 11) is 0. The van der Waals surface area contributed by atoms with Crippen LogP contribution in [0.4, 0.5) is 0 Å². The fourth-order valence-corrected chi connectivity index (χ4v) is 5.09. The largest absolute Gasteiger partial charge is 0.508 e. The quantitative estimate of drug-likeness (QED) is 0.151. The van der Waals surface area contributed by atoms with Gasteiger partial charge >= 0.3 is 0 Å². The number of hydrogen-bond donors (Lipinski definition) is 10. The summed E-state index contributed by atoms with van der Waals surface area (Å²) in [5, 5.41) is 100. The number of aliphatic hydroxyl groups excluding tert-OH is 8. The summed E-state index contributed by atoms with van der Waals surface area (Å²) in [5.41, 5.74) is 0.179. The van der Waals surface area contributed by atoms with Gasteiger partial charge < -0.3 is 74.7 Å². The Morgan fingerprint density at radius 1 is 0.721 bits per heavy atom. The minimum atomic E-state index is -1.78. The molecule has 0 bridgehead atoms. The van der Waals surface area contributed by atoms with Gasteiger partial charge in [0.05, 0.1) is 19.6 Å². The molecular formula is C27H32O16. The maximum Gasteiger partial charge on any atom is 0.229 e. The number of hydrogen-bond acceptors (Lipinski definition) is 16. The number of rotatable bonds is 7. The van der Waals surface area contributed by atoms with Gasteiger partial charge in [-0.2, -0.15) is 0 Å². The van der Waals surface area contributed by atoms with Gasteiger partial charge in [0.15, 0.2) is 17.3 Å². The molecule has 3 aliphatic rings. The van der Waals surface area contributed by atoms with E-state index in [0.29, 0.717) is 5.56 Å². The van der Waals surface area contributed by atoms with E-state index in [1.807, 2.05) is 0 Å². The Hall–Kier alpha value is -3.29. The Bertz CT molecular complexity index is 1320. The summed E-state index contributed by atoms with van der Waals surface area (Å²) in [4.78, 5) is 13.3. The zero-order valence-corrected chi connectivity index (χ0v) is 22.3. The van der Waals surface area contributed by atoms with Gasteiger partial charge in [-0.05, 0) is 17.7 Å². The van der Waals surface area contributed by atoms with Gasteiger partial charge in [0.2, 0.25) is 12.6 Å². The summed E-state index contributed by atoms with van der Waals surface area (Å²) in [5.74, 6) is -1.97. The van der Waals surface area contributed by atoms with Crippen LogP contribution in [-0.2, 0) is 9.47 Å². The molecule has 10 N–H and O–H groups in total. The van der Waals surface area contributed by atoms with Crippen LogP contribution in [0.1, 0.15) is 28.4 Å². The molecule has 3 heterocycles. The fourth-order valence-electron chi connectivity index (χ4n) is 5.09. The second-order valence-electron chi connectivity index (χ2n) is 10.4. The number of aliphatic hydroxyl groups is 8. The Morgan fingerprint density at radius 2 is 1.28 bits per heavy atom. The van der Waals surface area contributed by atoms with E-state index in [1.54, 1.807) is 0 Å². The van der Waals surface area contributed by atoms with Gasteiger partial charge in [0.1, 0.15) is 77.7 Å². The third-order valence-electron chi connectivity index (χ3n) is 7.51. The van der Waals surface area contributed by atoms with Crippen LogP contribution in [0.2, 0.25) is 0 Å². The first-order valence-electron chi connectivity index (χ1n) is 13.3. The normalized spacial score (nSPS) is 36.0. The lowest BCUT2D eigenvalue weighted by Gasteiger charge is -2.40. The topological polar surface area (TPSA) is 266 Å². The minimum Gasteiger partial charge on any atom is -0.508 e. The minimum absolute atomic E-state index is 0.120. The molecule has 0 aliphatic carbocycles. The number of carbonyl (C=O) groups excluding carboxylic acids is 1. The van der Waals surface area contributed by atoms with Gasteiger partial charge in [0, 0.05) is 12.1 Å². The summed E-state index contributed by atoms with van der Waals surface area (Å²) >= 11 is 0. The predicted octanol–water partition coefficient (Wildman–Crippen LogP) is -2.84. The molecule has 236 valence electrons. The molecule has 11 atom stereocenters. The SMILES string of the molecule is O=C1CC(c2ccc(O)c(O[C@@H]3O[C@H](CO)[C@@H](O)[C@H](O)[C@H]3O)c2)Oc2cc(O)cc(O[C@@H]3O[C@H](CO)[C@@H](O)[C@H](O)[C@H]3O)c21. The second kappa shape index (κ2) is 12.4. The summed E-state index contributed by atoms with van der Waals surface area (Å²) < 4.78 is 27.8. The van der Waals surface area contributed by atoms with E-state index in [4.69, 9.17) is 23.7 Å². The van der Waals surface area contributed by atoms with Gasteiger partial charge in [-0.25, -0.2) is 0 Å². The molecule has 0 aromatic heterocycles. The third kappa shape index (κ3) is 5.94. The van der Waals surface area contributed by atoms with Crippen molar-refractivity contribution >= 4 is 5.78 Å².